The van der Waals surface area contributed by atoms with Gasteiger partial charge in [-0.1, -0.05) is 6.92 Å². The van der Waals surface area contributed by atoms with E-state index in [1.165, 1.54) is 24.3 Å². The van der Waals surface area contributed by atoms with Crippen LogP contribution in [0.2, 0.25) is 0 Å². The molecule has 0 fully saturated rings. The Morgan fingerprint density at radius 3 is 2.41 bits per heavy atom. The fraction of sp³-hybridized carbons (Fsp3) is 0.364. The Morgan fingerprint density at radius 2 is 2.00 bits per heavy atom. The van der Waals surface area contributed by atoms with Gasteiger partial charge in [0.25, 0.3) is 5.69 Å². The van der Waals surface area contributed by atoms with Crippen LogP contribution in [0.25, 0.3) is 0 Å². The van der Waals surface area contributed by atoms with Crippen molar-refractivity contribution in [2.24, 2.45) is 5.73 Å². The van der Waals surface area contributed by atoms with E-state index >= 15 is 0 Å². The van der Waals surface area contributed by atoms with Crippen molar-refractivity contribution < 1.29 is 9.72 Å². The largest absolute Gasteiger partial charge is 0.324 e. The van der Waals surface area contributed by atoms with E-state index in [-0.39, 0.29) is 11.6 Å². The van der Waals surface area contributed by atoms with Gasteiger partial charge in [0.05, 0.1) is 10.5 Å². The molecule has 1 atom stereocenters. The Kier molecular flexibility index (Phi) is 3.80. The minimum Gasteiger partial charge on any atom is -0.324 e. The van der Waals surface area contributed by atoms with Gasteiger partial charge in [-0.15, -0.1) is 0 Å². The number of hydrogen-bond donors (Lipinski definition) is 2. The second-order valence-corrected chi connectivity index (χ2v) is 4.03. The van der Waals surface area contributed by atoms with Gasteiger partial charge in [0.15, 0.2) is 0 Å². The van der Waals surface area contributed by atoms with E-state index in [4.69, 9.17) is 5.73 Å². The molecular weight excluding hydrogens is 222 g/mol. The number of carbonyl (C=O) groups is 1. The first kappa shape index (κ1) is 13.1. The lowest BCUT2D eigenvalue weighted by Gasteiger charge is -2.21. The van der Waals surface area contributed by atoms with E-state index in [0.29, 0.717) is 12.1 Å². The number of hydrogen-bond acceptors (Lipinski definition) is 4. The number of nitrogens with zero attached hydrogens (tertiary/aromatic N) is 1. The van der Waals surface area contributed by atoms with Gasteiger partial charge < -0.3 is 11.1 Å². The quantitative estimate of drug-likeness (QED) is 0.614. The molecule has 1 rings (SSSR count). The van der Waals surface area contributed by atoms with E-state index < -0.39 is 10.5 Å². The Labute approximate surface area is 99.0 Å². The summed E-state index contributed by atoms with van der Waals surface area (Å²) >= 11 is 0. The Balaban J connectivity index is 2.76. The summed E-state index contributed by atoms with van der Waals surface area (Å²) in [5.74, 6) is -0.311. The highest BCUT2D eigenvalue weighted by molar-refractivity contribution is 5.97. The molecule has 6 heteroatoms. The number of rotatable bonds is 4. The Hall–Kier alpha value is -1.95. The second kappa shape index (κ2) is 4.92. The zero-order valence-corrected chi connectivity index (χ0v) is 9.77. The van der Waals surface area contributed by atoms with Crippen molar-refractivity contribution in [3.05, 3.63) is 34.4 Å². The van der Waals surface area contributed by atoms with Gasteiger partial charge in [0, 0.05) is 17.8 Å². The van der Waals surface area contributed by atoms with Gasteiger partial charge in [-0.05, 0) is 25.5 Å². The zero-order valence-electron chi connectivity index (χ0n) is 9.77. The van der Waals surface area contributed by atoms with Crippen molar-refractivity contribution in [3.63, 3.8) is 0 Å². The maximum absolute atomic E-state index is 11.7. The Bertz CT molecular complexity index is 426. The van der Waals surface area contributed by atoms with E-state index in [1.54, 1.807) is 6.92 Å². The smallest absolute Gasteiger partial charge is 0.269 e. The molecule has 0 bridgehead atoms. The molecule has 0 aliphatic heterocycles. The zero-order chi connectivity index (χ0) is 13.1. The number of anilines is 1. The first-order valence-corrected chi connectivity index (χ1v) is 5.21. The van der Waals surface area contributed by atoms with Crippen LogP contribution < -0.4 is 11.1 Å². The fourth-order valence-electron chi connectivity index (χ4n) is 1.10. The van der Waals surface area contributed by atoms with Crippen LogP contribution in [-0.2, 0) is 4.79 Å². The maximum atomic E-state index is 11.7. The van der Waals surface area contributed by atoms with Crippen LogP contribution in [-0.4, -0.2) is 16.4 Å². The van der Waals surface area contributed by atoms with Gasteiger partial charge in [0.1, 0.15) is 0 Å². The lowest BCUT2D eigenvalue weighted by molar-refractivity contribution is -0.384. The predicted molar refractivity (Wildman–Crippen MR) is 64.6 cm³/mol. The molecule has 1 amide bonds. The molecule has 92 valence electrons. The summed E-state index contributed by atoms with van der Waals surface area (Å²) < 4.78 is 0. The van der Waals surface area contributed by atoms with Gasteiger partial charge in [-0.2, -0.15) is 0 Å². The molecule has 0 aliphatic carbocycles. The average molecular weight is 237 g/mol. The molecule has 6 nitrogen and oxygen atoms in total. The summed E-state index contributed by atoms with van der Waals surface area (Å²) in [7, 11) is 0. The number of benzene rings is 1. The molecule has 1 aromatic carbocycles. The van der Waals surface area contributed by atoms with E-state index in [1.807, 2.05) is 6.92 Å². The summed E-state index contributed by atoms with van der Waals surface area (Å²) in [6, 6.07) is 5.61. The van der Waals surface area contributed by atoms with E-state index in [2.05, 4.69) is 5.32 Å². The van der Waals surface area contributed by atoms with Crippen LogP contribution in [0.15, 0.2) is 24.3 Å². The summed E-state index contributed by atoms with van der Waals surface area (Å²) in [5.41, 5.74) is 5.29. The van der Waals surface area contributed by atoms with Crippen molar-refractivity contribution >= 4 is 17.3 Å². The highest BCUT2D eigenvalue weighted by Crippen LogP contribution is 2.17. The van der Waals surface area contributed by atoms with Crippen LogP contribution in [0.1, 0.15) is 20.3 Å². The summed E-state index contributed by atoms with van der Waals surface area (Å²) in [4.78, 5) is 21.7. The third-order valence-electron chi connectivity index (χ3n) is 2.59. The molecule has 0 saturated carbocycles. The average Bonchev–Trinajstić information content (AvgIpc) is 2.29. The molecule has 0 saturated heterocycles. The SMILES string of the molecule is CCC(C)(N)C(=O)Nc1ccc([N+](=O)[O-])cc1. The molecule has 0 aliphatic rings. The summed E-state index contributed by atoms with van der Waals surface area (Å²) in [5, 5.41) is 13.1. The molecule has 0 heterocycles. The van der Waals surface area contributed by atoms with Crippen LogP contribution in [0.3, 0.4) is 0 Å². The molecule has 0 spiro atoms. The van der Waals surface area contributed by atoms with Crippen LogP contribution in [0.4, 0.5) is 11.4 Å². The number of nitro groups is 1. The lowest BCUT2D eigenvalue weighted by Crippen LogP contribution is -2.47. The van der Waals surface area contributed by atoms with Gasteiger partial charge in [-0.3, -0.25) is 14.9 Å². The van der Waals surface area contributed by atoms with Gasteiger partial charge in [0.2, 0.25) is 5.91 Å². The molecular formula is C11H15N3O3. The number of nitrogens with two attached hydrogens (primary N) is 1. The fourth-order valence-corrected chi connectivity index (χ4v) is 1.10. The molecule has 1 unspecified atom stereocenters. The normalized spacial score (nSPS) is 13.8. The van der Waals surface area contributed by atoms with Crippen molar-refractivity contribution in [2.75, 3.05) is 5.32 Å². The third-order valence-corrected chi connectivity index (χ3v) is 2.59. The summed E-state index contributed by atoms with van der Waals surface area (Å²) in [6.07, 6.45) is 0.506. The van der Waals surface area contributed by atoms with Crippen LogP contribution in [0.5, 0.6) is 0 Å². The molecule has 0 radical (unpaired) electrons. The number of non-ortho nitro benzene ring substituents is 1. The van der Waals surface area contributed by atoms with Crippen molar-refractivity contribution in [1.82, 2.24) is 0 Å². The monoisotopic (exact) mass is 237 g/mol. The van der Waals surface area contributed by atoms with Gasteiger partial charge >= 0.3 is 0 Å². The third kappa shape index (κ3) is 3.25. The minimum atomic E-state index is -0.943. The van der Waals surface area contributed by atoms with Crippen molar-refractivity contribution in [3.8, 4) is 0 Å². The Morgan fingerprint density at radius 1 is 1.47 bits per heavy atom. The van der Waals surface area contributed by atoms with Crippen molar-refractivity contribution in [1.29, 1.82) is 0 Å². The minimum absolute atomic E-state index is 0.0194. The second-order valence-electron chi connectivity index (χ2n) is 4.03. The van der Waals surface area contributed by atoms with E-state index in [9.17, 15) is 14.9 Å². The van der Waals surface area contributed by atoms with E-state index in [0.717, 1.165) is 0 Å². The lowest BCUT2D eigenvalue weighted by atomic mass is 9.99. The van der Waals surface area contributed by atoms with Crippen molar-refractivity contribution in [2.45, 2.75) is 25.8 Å². The number of nitrogens with one attached hydrogen (secondary N) is 1. The van der Waals surface area contributed by atoms with Gasteiger partial charge in [-0.25, -0.2) is 0 Å². The molecule has 0 aromatic heterocycles. The topological polar surface area (TPSA) is 98.3 Å². The maximum Gasteiger partial charge on any atom is 0.269 e. The van der Waals surface area contributed by atoms with Crippen LogP contribution >= 0.6 is 0 Å². The first-order valence-electron chi connectivity index (χ1n) is 5.21. The molecule has 3 N–H and O–H groups in total. The highest BCUT2D eigenvalue weighted by atomic mass is 16.6. The number of nitro benzene ring substituents is 1. The van der Waals surface area contributed by atoms with Crippen LogP contribution in [0, 0.1) is 10.1 Å². The summed E-state index contributed by atoms with van der Waals surface area (Å²) in [6.45, 7) is 3.45. The highest BCUT2D eigenvalue weighted by Gasteiger charge is 2.25. The first-order chi connectivity index (χ1) is 7.86. The molecule has 1 aromatic rings. The number of amides is 1. The predicted octanol–water partition coefficient (Wildman–Crippen LogP) is 1.66. The number of carbonyl (C=O) groups excluding carboxylic acids is 1. The molecule has 17 heavy (non-hydrogen) atoms. The standard InChI is InChI=1S/C11H15N3O3/c1-3-11(2,12)10(15)13-8-4-6-9(7-5-8)14(16)17/h4-7H,3,12H2,1-2H3,(H,13,15).